The summed E-state index contributed by atoms with van der Waals surface area (Å²) >= 11 is 0. The summed E-state index contributed by atoms with van der Waals surface area (Å²) in [6.45, 7) is 4.99. The zero-order valence-electron chi connectivity index (χ0n) is 20.4. The summed E-state index contributed by atoms with van der Waals surface area (Å²) in [5.41, 5.74) is 0.651. The molecule has 0 atom stereocenters. The van der Waals surface area contributed by atoms with Gasteiger partial charge in [-0.3, -0.25) is 0 Å². The number of carbonyl (C=O) groups is 1. The number of amides is 1. The van der Waals surface area contributed by atoms with Crippen molar-refractivity contribution in [1.82, 2.24) is 19.9 Å². The van der Waals surface area contributed by atoms with Crippen LogP contribution >= 0.6 is 0 Å². The molecule has 3 rings (SSSR count). The Balaban J connectivity index is 1.59. The number of likely N-dealkylation sites (tertiary alicyclic amines) is 1. The molecule has 0 saturated carbocycles. The second kappa shape index (κ2) is 11.9. The number of nitrogens with zero attached hydrogens (tertiary/aromatic N) is 4. The lowest BCUT2D eigenvalue weighted by molar-refractivity contribution is 0.0500. The van der Waals surface area contributed by atoms with Crippen LogP contribution in [0.4, 0.5) is 22.1 Å². The second-order valence-corrected chi connectivity index (χ2v) is 10.7. The van der Waals surface area contributed by atoms with E-state index in [1.807, 2.05) is 13.8 Å². The molecular formula is C22H32N6O6S. The van der Waals surface area contributed by atoms with E-state index in [9.17, 15) is 13.2 Å². The monoisotopic (exact) mass is 508 g/mol. The van der Waals surface area contributed by atoms with Crippen molar-refractivity contribution in [2.75, 3.05) is 49.4 Å². The largest absolute Gasteiger partial charge is 0.489 e. The maximum atomic E-state index is 12.1. The SMILES string of the molecule is COc1c(Nc2ccc(NCCS(C)(=O)=O)nc2)ncnc1OC1CCN(C(=O)OC(C)C)CC1. The van der Waals surface area contributed by atoms with Crippen LogP contribution in [0.2, 0.25) is 0 Å². The molecule has 1 aliphatic rings. The first kappa shape index (κ1) is 26.3. The molecule has 3 heterocycles. The van der Waals surface area contributed by atoms with E-state index >= 15 is 0 Å². The third-order valence-corrected chi connectivity index (χ3v) is 6.04. The van der Waals surface area contributed by atoms with Gasteiger partial charge in [0.2, 0.25) is 5.75 Å². The van der Waals surface area contributed by atoms with Gasteiger partial charge in [0, 0.05) is 38.7 Å². The first-order chi connectivity index (χ1) is 16.6. The van der Waals surface area contributed by atoms with Crippen LogP contribution in [0.5, 0.6) is 11.6 Å². The molecule has 1 aliphatic heterocycles. The van der Waals surface area contributed by atoms with Gasteiger partial charge >= 0.3 is 6.09 Å². The first-order valence-corrected chi connectivity index (χ1v) is 13.4. The van der Waals surface area contributed by atoms with Crippen molar-refractivity contribution in [3.05, 3.63) is 24.7 Å². The number of sulfone groups is 1. The number of hydrogen-bond acceptors (Lipinski definition) is 11. The lowest BCUT2D eigenvalue weighted by Gasteiger charge is -2.31. The predicted molar refractivity (Wildman–Crippen MR) is 131 cm³/mol. The van der Waals surface area contributed by atoms with Crippen LogP contribution in [0.15, 0.2) is 24.7 Å². The number of carbonyl (C=O) groups excluding carboxylic acids is 1. The summed E-state index contributed by atoms with van der Waals surface area (Å²) < 4.78 is 39.3. The Kier molecular flexibility index (Phi) is 8.90. The van der Waals surface area contributed by atoms with Crippen LogP contribution < -0.4 is 20.1 Å². The van der Waals surface area contributed by atoms with E-state index in [1.54, 1.807) is 23.2 Å². The first-order valence-electron chi connectivity index (χ1n) is 11.3. The van der Waals surface area contributed by atoms with Crippen molar-refractivity contribution in [1.29, 1.82) is 0 Å². The number of hydrogen-bond donors (Lipinski definition) is 2. The highest BCUT2D eigenvalue weighted by molar-refractivity contribution is 7.90. The zero-order valence-corrected chi connectivity index (χ0v) is 21.2. The number of rotatable bonds is 10. The van der Waals surface area contributed by atoms with Crippen LogP contribution in [-0.2, 0) is 14.6 Å². The van der Waals surface area contributed by atoms with Crippen LogP contribution in [0.25, 0.3) is 0 Å². The normalized spacial score (nSPS) is 14.5. The number of pyridine rings is 1. The number of ether oxygens (including phenoxy) is 3. The maximum Gasteiger partial charge on any atom is 0.410 e. The molecule has 35 heavy (non-hydrogen) atoms. The topological polar surface area (TPSA) is 145 Å². The van der Waals surface area contributed by atoms with Gasteiger partial charge in [0.1, 0.15) is 28.1 Å². The van der Waals surface area contributed by atoms with Crippen molar-refractivity contribution in [3.8, 4) is 11.6 Å². The Morgan fingerprint density at radius 3 is 2.54 bits per heavy atom. The molecule has 0 radical (unpaired) electrons. The van der Waals surface area contributed by atoms with Crippen LogP contribution in [0.1, 0.15) is 26.7 Å². The smallest absolute Gasteiger partial charge is 0.410 e. The fraction of sp³-hybridized carbons (Fsp3) is 0.545. The third-order valence-electron chi connectivity index (χ3n) is 5.10. The Morgan fingerprint density at radius 2 is 1.94 bits per heavy atom. The Morgan fingerprint density at radius 1 is 1.20 bits per heavy atom. The van der Waals surface area contributed by atoms with Crippen LogP contribution in [0, 0.1) is 0 Å². The van der Waals surface area contributed by atoms with Gasteiger partial charge in [-0.05, 0) is 26.0 Å². The Hall–Kier alpha value is -3.35. The van der Waals surface area contributed by atoms with E-state index in [2.05, 4.69) is 25.6 Å². The van der Waals surface area contributed by atoms with Crippen LogP contribution in [0.3, 0.4) is 0 Å². The van der Waals surface area contributed by atoms with Gasteiger partial charge in [0.15, 0.2) is 5.82 Å². The number of methoxy groups -OCH3 is 1. The molecule has 0 spiro atoms. The minimum atomic E-state index is -3.04. The molecule has 1 saturated heterocycles. The van der Waals surface area contributed by atoms with Gasteiger partial charge in [-0.15, -0.1) is 0 Å². The van der Waals surface area contributed by atoms with E-state index in [-0.39, 0.29) is 30.6 Å². The molecular weight excluding hydrogens is 476 g/mol. The van der Waals surface area contributed by atoms with Gasteiger partial charge in [-0.2, -0.15) is 4.98 Å². The summed E-state index contributed by atoms with van der Waals surface area (Å²) in [5.74, 6) is 1.65. The fourth-order valence-electron chi connectivity index (χ4n) is 3.38. The number of nitrogens with one attached hydrogen (secondary N) is 2. The Labute approximate surface area is 205 Å². The maximum absolute atomic E-state index is 12.1. The van der Waals surface area contributed by atoms with Gasteiger partial charge in [-0.1, -0.05) is 0 Å². The van der Waals surface area contributed by atoms with Crippen molar-refractivity contribution in [2.24, 2.45) is 0 Å². The van der Waals surface area contributed by atoms with Gasteiger partial charge in [0.25, 0.3) is 5.88 Å². The average Bonchev–Trinajstić information content (AvgIpc) is 2.80. The molecule has 1 amide bonds. The summed E-state index contributed by atoms with van der Waals surface area (Å²) in [6, 6.07) is 3.51. The van der Waals surface area contributed by atoms with Crippen LogP contribution in [-0.4, -0.2) is 85.3 Å². The number of anilines is 3. The molecule has 0 aromatic carbocycles. The number of aromatic nitrogens is 3. The molecule has 2 N–H and O–H groups in total. The highest BCUT2D eigenvalue weighted by Gasteiger charge is 2.27. The molecule has 0 bridgehead atoms. The molecule has 13 heteroatoms. The second-order valence-electron chi connectivity index (χ2n) is 8.41. The Bertz CT molecular complexity index is 1090. The molecule has 1 fully saturated rings. The van der Waals surface area contributed by atoms with E-state index in [0.29, 0.717) is 54.9 Å². The predicted octanol–water partition coefficient (Wildman–Crippen LogP) is 2.47. The summed E-state index contributed by atoms with van der Waals surface area (Å²) in [7, 11) is -1.53. The van der Waals surface area contributed by atoms with Gasteiger partial charge < -0.3 is 29.7 Å². The van der Waals surface area contributed by atoms with Crippen molar-refractivity contribution in [2.45, 2.75) is 38.9 Å². The molecule has 12 nitrogen and oxygen atoms in total. The quantitative estimate of drug-likeness (QED) is 0.488. The summed E-state index contributed by atoms with van der Waals surface area (Å²) in [4.78, 5) is 26.5. The zero-order chi connectivity index (χ0) is 25.4. The molecule has 192 valence electrons. The van der Waals surface area contributed by atoms with Crippen molar-refractivity contribution >= 4 is 33.3 Å². The lowest BCUT2D eigenvalue weighted by atomic mass is 10.1. The summed E-state index contributed by atoms with van der Waals surface area (Å²) in [6.07, 6.45) is 4.84. The van der Waals surface area contributed by atoms with E-state index in [0.717, 1.165) is 0 Å². The number of piperidine rings is 1. The highest BCUT2D eigenvalue weighted by Crippen LogP contribution is 2.34. The summed E-state index contributed by atoms with van der Waals surface area (Å²) in [5, 5.41) is 6.10. The minimum Gasteiger partial charge on any atom is -0.489 e. The van der Waals surface area contributed by atoms with E-state index < -0.39 is 9.84 Å². The minimum absolute atomic E-state index is 0.0245. The third kappa shape index (κ3) is 8.12. The van der Waals surface area contributed by atoms with Gasteiger partial charge in [0.05, 0.1) is 30.9 Å². The average molecular weight is 509 g/mol. The van der Waals surface area contributed by atoms with E-state index in [1.165, 1.54) is 19.7 Å². The molecule has 2 aromatic heterocycles. The fourth-order valence-corrected chi connectivity index (χ4v) is 3.85. The highest BCUT2D eigenvalue weighted by atomic mass is 32.2. The van der Waals surface area contributed by atoms with Gasteiger partial charge in [-0.25, -0.2) is 23.2 Å². The molecule has 2 aromatic rings. The van der Waals surface area contributed by atoms with E-state index in [4.69, 9.17) is 14.2 Å². The molecule has 0 unspecified atom stereocenters. The molecule has 0 aliphatic carbocycles. The lowest BCUT2D eigenvalue weighted by Crippen LogP contribution is -2.42. The van der Waals surface area contributed by atoms with Crippen molar-refractivity contribution < 1.29 is 27.4 Å². The standard InChI is InChI=1S/C22H32N6O6S/c1-15(2)33-22(29)28-10-7-17(8-11-28)34-21-19(32-3)20(25-14-26-21)27-16-5-6-18(24-13-16)23-9-12-35(4,30)31/h5-6,13-15,17H,7-12H2,1-4H3,(H,23,24)(H,25,26,27). The van der Waals surface area contributed by atoms with Crippen molar-refractivity contribution in [3.63, 3.8) is 0 Å².